The van der Waals surface area contributed by atoms with Crippen LogP contribution < -0.4 is 0 Å². The minimum absolute atomic E-state index is 0.0556. The number of ether oxygens (including phenoxy) is 1. The van der Waals surface area contributed by atoms with Gasteiger partial charge in [-0.25, -0.2) is 4.39 Å². The summed E-state index contributed by atoms with van der Waals surface area (Å²) in [5.41, 5.74) is 0.329. The SMILES string of the molecule is CCOC(=O)CN(CC)C(=O)Cc1ccccc1F. The number of likely N-dealkylation sites (N-methyl/N-ethyl adjacent to an activating group) is 1. The topological polar surface area (TPSA) is 46.6 Å². The Bertz CT molecular complexity index is 448. The molecule has 0 unspecified atom stereocenters. The van der Waals surface area contributed by atoms with Crippen LogP contribution in [-0.4, -0.2) is 36.5 Å². The van der Waals surface area contributed by atoms with Crippen LogP contribution in [0.2, 0.25) is 0 Å². The van der Waals surface area contributed by atoms with Crippen molar-refractivity contribution < 1.29 is 18.7 Å². The van der Waals surface area contributed by atoms with Gasteiger partial charge < -0.3 is 9.64 Å². The number of carbonyl (C=O) groups is 2. The van der Waals surface area contributed by atoms with Crippen LogP contribution >= 0.6 is 0 Å². The summed E-state index contributed by atoms with van der Waals surface area (Å²) in [6.07, 6.45) is -0.0556. The van der Waals surface area contributed by atoms with Crippen molar-refractivity contribution in [2.45, 2.75) is 20.3 Å². The van der Waals surface area contributed by atoms with Crippen molar-refractivity contribution >= 4 is 11.9 Å². The molecule has 0 bridgehead atoms. The summed E-state index contributed by atoms with van der Waals surface area (Å²) >= 11 is 0. The third kappa shape index (κ3) is 4.69. The zero-order valence-electron chi connectivity index (χ0n) is 11.2. The molecular formula is C14H18FNO3. The van der Waals surface area contributed by atoms with Crippen LogP contribution in [0.15, 0.2) is 24.3 Å². The zero-order valence-corrected chi connectivity index (χ0v) is 11.2. The zero-order chi connectivity index (χ0) is 14.3. The van der Waals surface area contributed by atoms with E-state index in [1.807, 2.05) is 0 Å². The summed E-state index contributed by atoms with van der Waals surface area (Å²) in [6.45, 7) is 4.02. The van der Waals surface area contributed by atoms with Crippen LogP contribution in [0, 0.1) is 5.82 Å². The Hall–Kier alpha value is -1.91. The van der Waals surface area contributed by atoms with Crippen molar-refractivity contribution in [3.05, 3.63) is 35.6 Å². The van der Waals surface area contributed by atoms with E-state index in [9.17, 15) is 14.0 Å². The first-order chi connectivity index (χ1) is 9.08. The van der Waals surface area contributed by atoms with Gasteiger partial charge in [0, 0.05) is 6.54 Å². The lowest BCUT2D eigenvalue weighted by molar-refractivity contribution is -0.148. The monoisotopic (exact) mass is 267 g/mol. The fraction of sp³-hybridized carbons (Fsp3) is 0.429. The van der Waals surface area contributed by atoms with Gasteiger partial charge in [0.25, 0.3) is 0 Å². The van der Waals surface area contributed by atoms with Gasteiger partial charge in [0.1, 0.15) is 12.4 Å². The van der Waals surface area contributed by atoms with E-state index in [4.69, 9.17) is 4.74 Å². The average Bonchev–Trinajstić information content (AvgIpc) is 2.39. The molecule has 0 saturated carbocycles. The number of amides is 1. The van der Waals surface area contributed by atoms with Crippen LogP contribution in [0.3, 0.4) is 0 Å². The summed E-state index contributed by atoms with van der Waals surface area (Å²) in [5.74, 6) is -1.16. The number of esters is 1. The Morgan fingerprint density at radius 3 is 2.53 bits per heavy atom. The fourth-order valence-corrected chi connectivity index (χ4v) is 1.66. The molecule has 0 saturated heterocycles. The standard InChI is InChI=1S/C14H18FNO3/c1-3-16(10-14(18)19-4-2)13(17)9-11-7-5-6-8-12(11)15/h5-8H,3-4,9-10H2,1-2H3. The van der Waals surface area contributed by atoms with Crippen LogP contribution in [0.25, 0.3) is 0 Å². The highest BCUT2D eigenvalue weighted by molar-refractivity contribution is 5.83. The maximum absolute atomic E-state index is 13.4. The predicted octanol–water partition coefficient (Wildman–Crippen LogP) is 1.78. The number of rotatable bonds is 6. The minimum Gasteiger partial charge on any atom is -0.465 e. The highest BCUT2D eigenvalue weighted by Crippen LogP contribution is 2.08. The Morgan fingerprint density at radius 2 is 1.95 bits per heavy atom. The highest BCUT2D eigenvalue weighted by Gasteiger charge is 2.17. The molecule has 4 nitrogen and oxygen atoms in total. The molecule has 0 aliphatic rings. The maximum Gasteiger partial charge on any atom is 0.325 e. The first-order valence-electron chi connectivity index (χ1n) is 6.25. The van der Waals surface area contributed by atoms with Crippen molar-refractivity contribution in [3.8, 4) is 0 Å². The molecule has 5 heteroatoms. The van der Waals surface area contributed by atoms with Crippen molar-refractivity contribution in [2.24, 2.45) is 0 Å². The number of hydrogen-bond acceptors (Lipinski definition) is 3. The lowest BCUT2D eigenvalue weighted by Gasteiger charge is -2.19. The van der Waals surface area contributed by atoms with E-state index < -0.39 is 11.8 Å². The minimum atomic E-state index is -0.453. The molecular weight excluding hydrogens is 249 g/mol. The molecule has 1 aromatic rings. The highest BCUT2D eigenvalue weighted by atomic mass is 19.1. The quantitative estimate of drug-likeness (QED) is 0.738. The number of carbonyl (C=O) groups excluding carboxylic acids is 2. The van der Waals surface area contributed by atoms with E-state index in [-0.39, 0.29) is 25.5 Å². The van der Waals surface area contributed by atoms with Crippen LogP contribution in [0.4, 0.5) is 4.39 Å². The van der Waals surface area contributed by atoms with Crippen LogP contribution in [0.5, 0.6) is 0 Å². The Labute approximate surface area is 112 Å². The Balaban J connectivity index is 2.64. The van der Waals surface area contributed by atoms with Gasteiger partial charge in [-0.2, -0.15) is 0 Å². The van der Waals surface area contributed by atoms with Gasteiger partial charge in [0.2, 0.25) is 5.91 Å². The van der Waals surface area contributed by atoms with Crippen molar-refractivity contribution in [1.82, 2.24) is 4.90 Å². The molecule has 0 aromatic heterocycles. The molecule has 0 heterocycles. The molecule has 1 rings (SSSR count). The Kier molecular flexibility index (Phi) is 5.99. The molecule has 0 fully saturated rings. The van der Waals surface area contributed by atoms with Gasteiger partial charge in [0.05, 0.1) is 13.0 Å². The largest absolute Gasteiger partial charge is 0.465 e. The van der Waals surface area contributed by atoms with E-state index in [1.165, 1.54) is 11.0 Å². The first-order valence-corrected chi connectivity index (χ1v) is 6.25. The van der Waals surface area contributed by atoms with Crippen LogP contribution in [-0.2, 0) is 20.7 Å². The third-order valence-corrected chi connectivity index (χ3v) is 2.66. The third-order valence-electron chi connectivity index (χ3n) is 2.66. The molecule has 0 radical (unpaired) electrons. The van der Waals surface area contributed by atoms with Crippen LogP contribution in [0.1, 0.15) is 19.4 Å². The second-order valence-corrected chi connectivity index (χ2v) is 3.98. The number of halogens is 1. The summed E-state index contributed by atoms with van der Waals surface area (Å²) in [4.78, 5) is 24.7. The van der Waals surface area contributed by atoms with Crippen molar-refractivity contribution in [2.75, 3.05) is 19.7 Å². The smallest absolute Gasteiger partial charge is 0.325 e. The van der Waals surface area contributed by atoms with Gasteiger partial charge in [0.15, 0.2) is 0 Å². The van der Waals surface area contributed by atoms with Gasteiger partial charge in [-0.05, 0) is 25.5 Å². The van der Waals surface area contributed by atoms with Crippen molar-refractivity contribution in [3.63, 3.8) is 0 Å². The summed E-state index contributed by atoms with van der Waals surface area (Å²) in [6, 6.07) is 6.11. The lowest BCUT2D eigenvalue weighted by atomic mass is 10.1. The predicted molar refractivity (Wildman–Crippen MR) is 69.0 cm³/mol. The van der Waals surface area contributed by atoms with Gasteiger partial charge in [-0.3, -0.25) is 9.59 Å². The number of nitrogens with zero attached hydrogens (tertiary/aromatic N) is 1. The van der Waals surface area contributed by atoms with E-state index in [0.717, 1.165) is 0 Å². The maximum atomic E-state index is 13.4. The summed E-state index contributed by atoms with van der Waals surface area (Å²) in [7, 11) is 0. The van der Waals surface area contributed by atoms with E-state index >= 15 is 0 Å². The molecule has 0 atom stereocenters. The Morgan fingerprint density at radius 1 is 1.26 bits per heavy atom. The molecule has 1 amide bonds. The fourth-order valence-electron chi connectivity index (χ4n) is 1.66. The average molecular weight is 267 g/mol. The van der Waals surface area contributed by atoms with Gasteiger partial charge >= 0.3 is 5.97 Å². The second-order valence-electron chi connectivity index (χ2n) is 3.98. The molecule has 0 N–H and O–H groups in total. The molecule has 1 aromatic carbocycles. The van der Waals surface area contributed by atoms with E-state index in [2.05, 4.69) is 0 Å². The summed E-state index contributed by atoms with van der Waals surface area (Å²) < 4.78 is 18.2. The first kappa shape index (κ1) is 15.1. The molecule has 0 spiro atoms. The normalized spacial score (nSPS) is 10.1. The van der Waals surface area contributed by atoms with E-state index in [0.29, 0.717) is 12.1 Å². The van der Waals surface area contributed by atoms with Crippen molar-refractivity contribution in [1.29, 1.82) is 0 Å². The molecule has 0 aliphatic carbocycles. The van der Waals surface area contributed by atoms with Gasteiger partial charge in [-0.1, -0.05) is 18.2 Å². The van der Waals surface area contributed by atoms with E-state index in [1.54, 1.807) is 32.0 Å². The second kappa shape index (κ2) is 7.51. The van der Waals surface area contributed by atoms with Gasteiger partial charge in [-0.15, -0.1) is 0 Å². The number of benzene rings is 1. The molecule has 104 valence electrons. The lowest BCUT2D eigenvalue weighted by Crippen LogP contribution is -2.37. The molecule has 19 heavy (non-hydrogen) atoms. The number of hydrogen-bond donors (Lipinski definition) is 0. The molecule has 0 aliphatic heterocycles. The summed E-state index contributed by atoms with van der Waals surface area (Å²) in [5, 5.41) is 0.